The lowest BCUT2D eigenvalue weighted by atomic mass is 9.98. The fourth-order valence-electron chi connectivity index (χ4n) is 3.48. The largest absolute Gasteiger partial charge is 0.352 e. The molecule has 27 heavy (non-hydrogen) atoms. The molecule has 4 heteroatoms. The van der Waals surface area contributed by atoms with E-state index in [1.165, 1.54) is 5.56 Å². The normalized spacial score (nSPS) is 12.2. The van der Waals surface area contributed by atoms with Gasteiger partial charge in [-0.2, -0.15) is 0 Å². The van der Waals surface area contributed by atoms with E-state index in [0.29, 0.717) is 6.54 Å². The number of aromatic nitrogens is 2. The molecule has 0 saturated carbocycles. The highest BCUT2D eigenvalue weighted by Crippen LogP contribution is 2.16. The molecule has 142 valence electrons. The molecule has 0 bridgehead atoms. The number of benzene rings is 2. The molecule has 0 aliphatic carbocycles. The van der Waals surface area contributed by atoms with Crippen LogP contribution in [0.3, 0.4) is 0 Å². The summed E-state index contributed by atoms with van der Waals surface area (Å²) in [6, 6.07) is 16.6. The van der Waals surface area contributed by atoms with E-state index < -0.39 is 0 Å². The Morgan fingerprint density at radius 2 is 1.93 bits per heavy atom. The van der Waals surface area contributed by atoms with Gasteiger partial charge in [-0.15, -0.1) is 0 Å². The topological polar surface area (TPSA) is 46.9 Å². The molecule has 4 nitrogen and oxygen atoms in total. The number of imidazole rings is 1. The Morgan fingerprint density at radius 3 is 2.74 bits per heavy atom. The van der Waals surface area contributed by atoms with Crippen molar-refractivity contribution in [2.24, 2.45) is 5.92 Å². The Balaban J connectivity index is 1.63. The van der Waals surface area contributed by atoms with Gasteiger partial charge in [0.2, 0.25) is 5.91 Å². The number of hydrogen-bond acceptors (Lipinski definition) is 2. The average Bonchev–Trinajstić information content (AvgIpc) is 3.10. The molecular weight excluding hydrogens is 334 g/mol. The summed E-state index contributed by atoms with van der Waals surface area (Å²) in [5.74, 6) is 0.308. The Kier molecular flexibility index (Phi) is 6.64. The van der Waals surface area contributed by atoms with Gasteiger partial charge in [-0.1, -0.05) is 63.1 Å². The van der Waals surface area contributed by atoms with Crippen LogP contribution in [0.5, 0.6) is 0 Å². The highest BCUT2D eigenvalue weighted by molar-refractivity contribution is 5.78. The Bertz CT molecular complexity index is 884. The molecular formula is C23H29N3O. The fourth-order valence-corrected chi connectivity index (χ4v) is 3.48. The zero-order chi connectivity index (χ0) is 19.1. The maximum absolute atomic E-state index is 12.4. The predicted molar refractivity (Wildman–Crippen MR) is 110 cm³/mol. The molecule has 0 spiro atoms. The Hall–Kier alpha value is -2.62. The third-order valence-electron chi connectivity index (χ3n) is 5.11. The van der Waals surface area contributed by atoms with Crippen molar-refractivity contribution in [3.63, 3.8) is 0 Å². The van der Waals surface area contributed by atoms with Crippen LogP contribution in [0.25, 0.3) is 11.0 Å². The summed E-state index contributed by atoms with van der Waals surface area (Å²) in [6.45, 7) is 5.62. The van der Waals surface area contributed by atoms with Crippen molar-refractivity contribution in [1.29, 1.82) is 0 Å². The standard InChI is InChI=1S/C23H29N3O/c1-3-5-11-20(4-2)23(27)24-15-18-9-8-10-19(14-18)16-26-17-25-21-12-6-7-13-22(21)26/h6-10,12-14,17,20H,3-5,11,15-16H2,1-2H3,(H,24,27). The molecule has 0 aliphatic rings. The molecule has 1 aromatic heterocycles. The Labute approximate surface area is 161 Å². The first-order valence-electron chi connectivity index (χ1n) is 9.96. The van der Waals surface area contributed by atoms with Gasteiger partial charge in [0.15, 0.2) is 0 Å². The van der Waals surface area contributed by atoms with Gasteiger partial charge in [0.1, 0.15) is 0 Å². The number of hydrogen-bond donors (Lipinski definition) is 1. The van der Waals surface area contributed by atoms with E-state index in [1.54, 1.807) is 0 Å². The first-order valence-corrected chi connectivity index (χ1v) is 9.96. The number of rotatable bonds is 9. The molecule has 1 unspecified atom stereocenters. The summed E-state index contributed by atoms with van der Waals surface area (Å²) in [7, 11) is 0. The van der Waals surface area contributed by atoms with Crippen molar-refractivity contribution in [1.82, 2.24) is 14.9 Å². The fraction of sp³-hybridized carbons (Fsp3) is 0.391. The average molecular weight is 364 g/mol. The highest BCUT2D eigenvalue weighted by Gasteiger charge is 2.15. The number of amides is 1. The second-order valence-electron chi connectivity index (χ2n) is 7.15. The minimum atomic E-state index is 0.130. The second-order valence-corrected chi connectivity index (χ2v) is 7.15. The molecule has 2 aromatic carbocycles. The van der Waals surface area contributed by atoms with Crippen molar-refractivity contribution < 1.29 is 4.79 Å². The van der Waals surface area contributed by atoms with Gasteiger partial charge in [0, 0.05) is 19.0 Å². The lowest BCUT2D eigenvalue weighted by molar-refractivity contribution is -0.125. The van der Waals surface area contributed by atoms with Gasteiger partial charge >= 0.3 is 0 Å². The smallest absolute Gasteiger partial charge is 0.223 e. The van der Waals surface area contributed by atoms with E-state index in [0.717, 1.165) is 48.8 Å². The highest BCUT2D eigenvalue weighted by atomic mass is 16.1. The van der Waals surface area contributed by atoms with Gasteiger partial charge < -0.3 is 9.88 Å². The van der Waals surface area contributed by atoms with Crippen LogP contribution in [0, 0.1) is 5.92 Å². The molecule has 1 atom stereocenters. The van der Waals surface area contributed by atoms with Gasteiger partial charge in [0.05, 0.1) is 17.4 Å². The van der Waals surface area contributed by atoms with Crippen molar-refractivity contribution in [2.75, 3.05) is 0 Å². The molecule has 0 aliphatic heterocycles. The maximum Gasteiger partial charge on any atom is 0.223 e. The number of carbonyl (C=O) groups excluding carboxylic acids is 1. The van der Waals surface area contributed by atoms with Crippen LogP contribution in [0.4, 0.5) is 0 Å². The van der Waals surface area contributed by atoms with Crippen LogP contribution in [0.1, 0.15) is 50.7 Å². The number of fused-ring (bicyclic) bond motifs is 1. The van der Waals surface area contributed by atoms with Crippen molar-refractivity contribution >= 4 is 16.9 Å². The predicted octanol–water partition coefficient (Wildman–Crippen LogP) is 4.92. The molecule has 0 fully saturated rings. The number of nitrogens with one attached hydrogen (secondary N) is 1. The van der Waals surface area contributed by atoms with E-state index in [4.69, 9.17) is 0 Å². The third-order valence-corrected chi connectivity index (χ3v) is 5.11. The van der Waals surface area contributed by atoms with Gasteiger partial charge in [-0.3, -0.25) is 4.79 Å². The quantitative estimate of drug-likeness (QED) is 0.587. The van der Waals surface area contributed by atoms with Crippen molar-refractivity contribution in [3.05, 3.63) is 66.0 Å². The lowest BCUT2D eigenvalue weighted by Gasteiger charge is -2.15. The van der Waals surface area contributed by atoms with E-state index in [-0.39, 0.29) is 11.8 Å². The molecule has 0 saturated heterocycles. The van der Waals surface area contributed by atoms with E-state index in [1.807, 2.05) is 24.5 Å². The number of carbonyl (C=O) groups is 1. The summed E-state index contributed by atoms with van der Waals surface area (Å²) < 4.78 is 2.16. The SMILES string of the molecule is CCCCC(CC)C(=O)NCc1cccc(Cn2cnc3ccccc32)c1. The molecule has 3 rings (SSSR count). The van der Waals surface area contributed by atoms with E-state index in [9.17, 15) is 4.79 Å². The van der Waals surface area contributed by atoms with Crippen molar-refractivity contribution in [2.45, 2.75) is 52.6 Å². The summed E-state index contributed by atoms with van der Waals surface area (Å²) in [5.41, 5.74) is 4.50. The minimum absolute atomic E-state index is 0.130. The molecule has 3 aromatic rings. The molecule has 0 radical (unpaired) electrons. The number of para-hydroxylation sites is 2. The van der Waals surface area contributed by atoms with Crippen LogP contribution in [-0.4, -0.2) is 15.5 Å². The number of unbranched alkanes of at least 4 members (excludes halogenated alkanes) is 1. The lowest BCUT2D eigenvalue weighted by Crippen LogP contribution is -2.30. The zero-order valence-corrected chi connectivity index (χ0v) is 16.3. The molecule has 1 amide bonds. The minimum Gasteiger partial charge on any atom is -0.352 e. The monoisotopic (exact) mass is 363 g/mol. The van der Waals surface area contributed by atoms with Gasteiger partial charge in [-0.05, 0) is 36.1 Å². The Morgan fingerprint density at radius 1 is 1.11 bits per heavy atom. The second kappa shape index (κ2) is 9.36. The van der Waals surface area contributed by atoms with E-state index >= 15 is 0 Å². The van der Waals surface area contributed by atoms with Crippen molar-refractivity contribution in [3.8, 4) is 0 Å². The van der Waals surface area contributed by atoms with Gasteiger partial charge in [0.25, 0.3) is 0 Å². The summed E-state index contributed by atoms with van der Waals surface area (Å²) in [4.78, 5) is 16.9. The van der Waals surface area contributed by atoms with Crippen LogP contribution in [0.15, 0.2) is 54.9 Å². The third kappa shape index (κ3) is 4.97. The molecule has 1 heterocycles. The summed E-state index contributed by atoms with van der Waals surface area (Å²) in [6.07, 6.45) is 6.01. The van der Waals surface area contributed by atoms with Crippen LogP contribution in [-0.2, 0) is 17.9 Å². The first-order chi connectivity index (χ1) is 13.2. The van der Waals surface area contributed by atoms with Crippen LogP contribution < -0.4 is 5.32 Å². The number of nitrogens with zero attached hydrogens (tertiary/aromatic N) is 2. The van der Waals surface area contributed by atoms with Crippen LogP contribution >= 0.6 is 0 Å². The van der Waals surface area contributed by atoms with E-state index in [2.05, 4.69) is 59.0 Å². The maximum atomic E-state index is 12.4. The molecule has 1 N–H and O–H groups in total. The summed E-state index contributed by atoms with van der Waals surface area (Å²) >= 11 is 0. The first kappa shape index (κ1) is 19.2. The van der Waals surface area contributed by atoms with Crippen LogP contribution in [0.2, 0.25) is 0 Å². The zero-order valence-electron chi connectivity index (χ0n) is 16.3. The summed E-state index contributed by atoms with van der Waals surface area (Å²) in [5, 5.41) is 3.12. The van der Waals surface area contributed by atoms with Gasteiger partial charge in [-0.25, -0.2) is 4.98 Å².